The Morgan fingerprint density at radius 1 is 0.742 bits per heavy atom. The first-order valence-corrected chi connectivity index (χ1v) is 10.8. The van der Waals surface area contributed by atoms with Gasteiger partial charge >= 0.3 is 12.2 Å². The molecule has 0 atom stereocenters. The fraction of sp³-hybridized carbons (Fsp3) is 0.905. The van der Waals surface area contributed by atoms with Gasteiger partial charge < -0.3 is 24.6 Å². The molecule has 31 heavy (non-hydrogen) atoms. The molecule has 2 rings (SSSR count). The van der Waals surface area contributed by atoms with Gasteiger partial charge in [-0.3, -0.25) is 4.90 Å². The minimum Gasteiger partial charge on any atom is -0.444 e. The van der Waals surface area contributed by atoms with Gasteiger partial charge in [0.2, 0.25) is 0 Å². The van der Waals surface area contributed by atoms with Crippen LogP contribution < -0.4 is 5.32 Å². The lowest BCUT2D eigenvalue weighted by atomic mass is 10.2. The van der Waals surface area contributed by atoms with E-state index in [-0.39, 0.29) is 24.3 Å². The van der Waals surface area contributed by atoms with Crippen LogP contribution in [0.15, 0.2) is 0 Å². The van der Waals surface area contributed by atoms with E-state index in [9.17, 15) is 18.4 Å². The van der Waals surface area contributed by atoms with E-state index in [4.69, 9.17) is 9.47 Å². The number of amides is 2. The van der Waals surface area contributed by atoms with E-state index in [1.807, 2.05) is 20.8 Å². The number of nitrogens with one attached hydrogen (secondary N) is 1. The zero-order valence-corrected chi connectivity index (χ0v) is 20.1. The highest BCUT2D eigenvalue weighted by Gasteiger charge is 2.30. The van der Waals surface area contributed by atoms with Crippen LogP contribution in [-0.2, 0) is 9.47 Å². The molecule has 2 heterocycles. The quantitative estimate of drug-likeness (QED) is 0.697. The van der Waals surface area contributed by atoms with Crippen LogP contribution in [0.4, 0.5) is 18.4 Å². The topological polar surface area (TPSA) is 74.4 Å². The van der Waals surface area contributed by atoms with Gasteiger partial charge in [0.25, 0.3) is 5.92 Å². The van der Waals surface area contributed by atoms with Gasteiger partial charge in [-0.25, -0.2) is 18.4 Å². The molecule has 0 radical (unpaired) electrons. The summed E-state index contributed by atoms with van der Waals surface area (Å²) in [6.45, 7) is 16.7. The number of rotatable bonds is 2. The summed E-state index contributed by atoms with van der Waals surface area (Å²) in [4.78, 5) is 28.2. The molecule has 0 spiro atoms. The molecule has 2 saturated heterocycles. The summed E-state index contributed by atoms with van der Waals surface area (Å²) in [6.07, 6.45) is -0.570. The Morgan fingerprint density at radius 2 is 1.13 bits per heavy atom. The van der Waals surface area contributed by atoms with Gasteiger partial charge in [0.15, 0.2) is 0 Å². The van der Waals surface area contributed by atoms with Crippen molar-refractivity contribution < 1.29 is 27.8 Å². The van der Waals surface area contributed by atoms with Crippen molar-refractivity contribution in [3.63, 3.8) is 0 Å². The van der Waals surface area contributed by atoms with Crippen LogP contribution in [0.5, 0.6) is 0 Å². The molecule has 0 aromatic carbocycles. The van der Waals surface area contributed by atoms with E-state index in [0.29, 0.717) is 26.2 Å². The van der Waals surface area contributed by atoms with Crippen molar-refractivity contribution in [2.45, 2.75) is 65.6 Å². The number of nitrogens with zero attached hydrogens (tertiary/aromatic N) is 3. The van der Waals surface area contributed by atoms with E-state index in [0.717, 1.165) is 33.1 Å². The van der Waals surface area contributed by atoms with Gasteiger partial charge in [-0.2, -0.15) is 0 Å². The van der Waals surface area contributed by atoms with Crippen molar-refractivity contribution in [1.29, 1.82) is 0 Å². The Balaban J connectivity index is 0.000000327. The van der Waals surface area contributed by atoms with Crippen LogP contribution >= 0.6 is 0 Å². The number of hydrogen-bond acceptors (Lipinski definition) is 6. The minimum atomic E-state index is -2.69. The normalized spacial score (nSPS) is 18.7. The fourth-order valence-electron chi connectivity index (χ4n) is 2.98. The number of ether oxygens (including phenoxy) is 2. The summed E-state index contributed by atoms with van der Waals surface area (Å²) < 4.78 is 36.1. The van der Waals surface area contributed by atoms with Crippen molar-refractivity contribution in [2.75, 3.05) is 58.9 Å². The molecule has 0 unspecified atom stereocenters. The maximum Gasteiger partial charge on any atom is 0.410 e. The smallest absolute Gasteiger partial charge is 0.410 e. The number of hydrogen-bond donors (Lipinski definition) is 1. The van der Waals surface area contributed by atoms with Gasteiger partial charge in [-0.05, 0) is 41.5 Å². The highest BCUT2D eigenvalue weighted by molar-refractivity contribution is 5.68. The molecule has 0 aliphatic carbocycles. The third kappa shape index (κ3) is 12.7. The summed E-state index contributed by atoms with van der Waals surface area (Å²) in [5, 5.41) is 3.18. The lowest BCUT2D eigenvalue weighted by Crippen LogP contribution is -2.52. The molecule has 0 saturated carbocycles. The second-order valence-corrected chi connectivity index (χ2v) is 10.0. The molecule has 0 aromatic rings. The number of alkyl halides is 2. The van der Waals surface area contributed by atoms with Crippen molar-refractivity contribution in [1.82, 2.24) is 20.0 Å². The van der Waals surface area contributed by atoms with E-state index in [1.165, 1.54) is 0 Å². The lowest BCUT2D eigenvalue weighted by Gasteiger charge is -2.36. The summed E-state index contributed by atoms with van der Waals surface area (Å²) >= 11 is 0. The largest absolute Gasteiger partial charge is 0.444 e. The van der Waals surface area contributed by atoms with Gasteiger partial charge in [-0.1, -0.05) is 0 Å². The second-order valence-electron chi connectivity index (χ2n) is 10.0. The molecule has 2 fully saturated rings. The SMILES string of the molecule is CC(C)(C)OC(=O)N1CCNCC1.CC(F)(F)CN1CCN(C(=O)OC(C)(C)C)CC1. The number of piperazine rings is 2. The Kier molecular flexibility index (Phi) is 9.94. The summed E-state index contributed by atoms with van der Waals surface area (Å²) in [7, 11) is 0. The third-order valence-electron chi connectivity index (χ3n) is 4.29. The van der Waals surface area contributed by atoms with Gasteiger partial charge in [0.1, 0.15) is 11.2 Å². The number of carbonyl (C=O) groups is 2. The van der Waals surface area contributed by atoms with Crippen LogP contribution in [0.3, 0.4) is 0 Å². The van der Waals surface area contributed by atoms with Gasteiger partial charge in [0, 0.05) is 59.3 Å². The third-order valence-corrected chi connectivity index (χ3v) is 4.29. The van der Waals surface area contributed by atoms with Crippen molar-refractivity contribution >= 4 is 12.2 Å². The van der Waals surface area contributed by atoms with E-state index in [1.54, 1.807) is 35.5 Å². The van der Waals surface area contributed by atoms with Gasteiger partial charge in [-0.15, -0.1) is 0 Å². The van der Waals surface area contributed by atoms with Crippen LogP contribution in [0.1, 0.15) is 48.5 Å². The Hall–Kier alpha value is -1.68. The van der Waals surface area contributed by atoms with Crippen LogP contribution in [0.25, 0.3) is 0 Å². The zero-order valence-electron chi connectivity index (χ0n) is 20.1. The first-order valence-electron chi connectivity index (χ1n) is 10.8. The molecule has 0 bridgehead atoms. The molecule has 8 nitrogen and oxygen atoms in total. The Bertz CT molecular complexity index is 571. The van der Waals surface area contributed by atoms with E-state index >= 15 is 0 Å². The Labute approximate surface area is 185 Å². The maximum absolute atomic E-state index is 12.8. The summed E-state index contributed by atoms with van der Waals surface area (Å²) in [5.74, 6) is -2.69. The highest BCUT2D eigenvalue weighted by atomic mass is 19.3. The first-order chi connectivity index (χ1) is 14.1. The molecule has 182 valence electrons. The molecular formula is C21H40F2N4O4. The number of halogens is 2. The second kappa shape index (κ2) is 11.3. The van der Waals surface area contributed by atoms with Crippen molar-refractivity contribution in [3.05, 3.63) is 0 Å². The Morgan fingerprint density at radius 3 is 1.48 bits per heavy atom. The number of carbonyl (C=O) groups excluding carboxylic acids is 2. The van der Waals surface area contributed by atoms with Crippen LogP contribution in [-0.4, -0.2) is 103 Å². The highest BCUT2D eigenvalue weighted by Crippen LogP contribution is 2.16. The molecule has 1 N–H and O–H groups in total. The molecule has 10 heteroatoms. The fourth-order valence-corrected chi connectivity index (χ4v) is 2.98. The summed E-state index contributed by atoms with van der Waals surface area (Å²) in [6, 6.07) is 0. The zero-order chi connectivity index (χ0) is 23.9. The van der Waals surface area contributed by atoms with Crippen LogP contribution in [0, 0.1) is 0 Å². The molecule has 0 aromatic heterocycles. The lowest BCUT2D eigenvalue weighted by molar-refractivity contribution is -0.0297. The van der Waals surface area contributed by atoms with Crippen molar-refractivity contribution in [3.8, 4) is 0 Å². The van der Waals surface area contributed by atoms with E-state index in [2.05, 4.69) is 5.32 Å². The average Bonchev–Trinajstić information content (AvgIpc) is 2.59. The standard InChI is InChI=1S/C12H22F2N2O2.C9H18N2O2/c1-11(2,3)18-10(17)16-7-5-15(6-8-16)9-12(4,13)14;1-9(2,3)13-8(12)11-6-4-10-5-7-11/h5-9H2,1-4H3;10H,4-7H2,1-3H3. The molecule has 2 amide bonds. The minimum absolute atomic E-state index is 0.200. The molecule has 2 aliphatic rings. The van der Waals surface area contributed by atoms with Gasteiger partial charge in [0.05, 0.1) is 6.54 Å². The predicted octanol–water partition coefficient (Wildman–Crippen LogP) is 3.02. The first kappa shape index (κ1) is 27.4. The van der Waals surface area contributed by atoms with Crippen molar-refractivity contribution in [2.24, 2.45) is 0 Å². The van der Waals surface area contributed by atoms with E-state index < -0.39 is 11.5 Å². The molecule has 2 aliphatic heterocycles. The monoisotopic (exact) mass is 450 g/mol. The molecular weight excluding hydrogens is 410 g/mol. The van der Waals surface area contributed by atoms with Crippen LogP contribution in [0.2, 0.25) is 0 Å². The predicted molar refractivity (Wildman–Crippen MR) is 116 cm³/mol. The average molecular weight is 451 g/mol. The maximum atomic E-state index is 12.8. The summed E-state index contributed by atoms with van der Waals surface area (Å²) in [5.41, 5.74) is -0.910.